The molecule has 13 heteroatoms. The minimum Gasteiger partial charge on any atom is -0.406 e. The SMILES string of the molecule is CN(c1nc(C(F)(F)F)c(C(=O)NCc2cccc(OC(F)(F)F)c2)s1)C1CCOCC1. The van der Waals surface area contributed by atoms with Crippen LogP contribution >= 0.6 is 11.3 Å². The molecule has 176 valence electrons. The number of benzene rings is 1. The maximum atomic E-state index is 13.5. The number of nitrogens with zero attached hydrogens (tertiary/aromatic N) is 2. The second-order valence-electron chi connectivity index (χ2n) is 7.00. The fourth-order valence-electron chi connectivity index (χ4n) is 3.15. The van der Waals surface area contributed by atoms with Gasteiger partial charge in [-0.15, -0.1) is 13.2 Å². The molecule has 1 aromatic carbocycles. The van der Waals surface area contributed by atoms with E-state index in [4.69, 9.17) is 4.74 Å². The molecule has 2 heterocycles. The van der Waals surface area contributed by atoms with Crippen molar-refractivity contribution in [1.82, 2.24) is 10.3 Å². The maximum Gasteiger partial charge on any atom is 0.573 e. The van der Waals surface area contributed by atoms with Crippen molar-refractivity contribution in [2.24, 2.45) is 0 Å². The van der Waals surface area contributed by atoms with Gasteiger partial charge < -0.3 is 19.7 Å². The summed E-state index contributed by atoms with van der Waals surface area (Å²) in [7, 11) is 1.61. The molecule has 2 aromatic rings. The quantitative estimate of drug-likeness (QED) is 0.609. The molecule has 1 aliphatic rings. The van der Waals surface area contributed by atoms with E-state index in [0.717, 1.165) is 12.1 Å². The topological polar surface area (TPSA) is 63.7 Å². The Morgan fingerprint density at radius 2 is 1.94 bits per heavy atom. The van der Waals surface area contributed by atoms with E-state index in [9.17, 15) is 31.1 Å². The fourth-order valence-corrected chi connectivity index (χ4v) is 4.19. The summed E-state index contributed by atoms with van der Waals surface area (Å²) in [5.41, 5.74) is -1.08. The monoisotopic (exact) mass is 483 g/mol. The smallest absolute Gasteiger partial charge is 0.406 e. The van der Waals surface area contributed by atoms with E-state index in [1.807, 2.05) is 0 Å². The number of hydrogen-bond donors (Lipinski definition) is 1. The van der Waals surface area contributed by atoms with Gasteiger partial charge in [0.15, 0.2) is 10.8 Å². The van der Waals surface area contributed by atoms with Gasteiger partial charge in [0.2, 0.25) is 0 Å². The number of carbonyl (C=O) groups excluding carboxylic acids is 1. The van der Waals surface area contributed by atoms with Crippen LogP contribution in [0.5, 0.6) is 5.75 Å². The first-order chi connectivity index (χ1) is 14.9. The molecule has 0 aliphatic carbocycles. The number of halogens is 6. The Hall–Kier alpha value is -2.54. The lowest BCUT2D eigenvalue weighted by Crippen LogP contribution is -2.36. The van der Waals surface area contributed by atoms with Crippen molar-refractivity contribution in [2.75, 3.05) is 25.2 Å². The zero-order valence-corrected chi connectivity index (χ0v) is 17.5. The number of amides is 1. The minimum atomic E-state index is -4.89. The summed E-state index contributed by atoms with van der Waals surface area (Å²) in [5, 5.41) is 2.36. The molecule has 6 nitrogen and oxygen atoms in total. The van der Waals surface area contributed by atoms with Crippen LogP contribution in [0.3, 0.4) is 0 Å². The summed E-state index contributed by atoms with van der Waals surface area (Å²) in [6, 6.07) is 4.73. The predicted octanol–water partition coefficient (Wildman–Crippen LogP) is 4.61. The number of hydrogen-bond acceptors (Lipinski definition) is 6. The van der Waals surface area contributed by atoms with Crippen LogP contribution in [0.15, 0.2) is 24.3 Å². The van der Waals surface area contributed by atoms with Crippen molar-refractivity contribution in [1.29, 1.82) is 0 Å². The van der Waals surface area contributed by atoms with Gasteiger partial charge in [-0.1, -0.05) is 23.5 Å². The van der Waals surface area contributed by atoms with Gasteiger partial charge in [0.25, 0.3) is 5.91 Å². The van der Waals surface area contributed by atoms with Crippen molar-refractivity contribution in [2.45, 2.75) is 38.0 Å². The van der Waals surface area contributed by atoms with Crippen molar-refractivity contribution in [3.8, 4) is 5.75 Å². The van der Waals surface area contributed by atoms with E-state index in [2.05, 4.69) is 15.0 Å². The highest BCUT2D eigenvalue weighted by Crippen LogP contribution is 2.38. The number of aromatic nitrogens is 1. The first-order valence-electron chi connectivity index (χ1n) is 9.45. The second-order valence-corrected chi connectivity index (χ2v) is 7.98. The Balaban J connectivity index is 1.75. The van der Waals surface area contributed by atoms with Crippen molar-refractivity contribution < 1.29 is 40.6 Å². The van der Waals surface area contributed by atoms with Gasteiger partial charge in [0.05, 0.1) is 0 Å². The van der Waals surface area contributed by atoms with Crippen molar-refractivity contribution in [3.63, 3.8) is 0 Å². The van der Waals surface area contributed by atoms with E-state index in [0.29, 0.717) is 37.4 Å². The zero-order valence-electron chi connectivity index (χ0n) is 16.7. The largest absolute Gasteiger partial charge is 0.573 e. The van der Waals surface area contributed by atoms with Crippen LogP contribution in [0.1, 0.15) is 33.8 Å². The van der Waals surface area contributed by atoms with Crippen LogP contribution < -0.4 is 15.0 Å². The molecular weight excluding hydrogens is 464 g/mol. The van der Waals surface area contributed by atoms with E-state index < -0.39 is 34.8 Å². The summed E-state index contributed by atoms with van der Waals surface area (Å²) in [5.74, 6) is -1.53. The van der Waals surface area contributed by atoms with Crippen LogP contribution in [0.25, 0.3) is 0 Å². The van der Waals surface area contributed by atoms with Gasteiger partial charge >= 0.3 is 12.5 Å². The van der Waals surface area contributed by atoms with E-state index in [1.165, 1.54) is 12.1 Å². The standard InChI is InChI=1S/C19H19F6N3O3S/c1-28(12-5-7-30-8-6-12)17-27-15(18(20,21)22)14(32-17)16(29)26-10-11-3-2-4-13(9-11)31-19(23,24)25/h2-4,9,12H,5-8,10H2,1H3,(H,26,29). The molecule has 0 atom stereocenters. The number of alkyl halides is 6. The predicted molar refractivity (Wildman–Crippen MR) is 104 cm³/mol. The van der Waals surface area contributed by atoms with Crippen molar-refractivity contribution >= 4 is 22.4 Å². The first kappa shape index (κ1) is 24.1. The van der Waals surface area contributed by atoms with Crippen LogP contribution in [0, 0.1) is 0 Å². The molecule has 0 bridgehead atoms. The van der Waals surface area contributed by atoms with Crippen molar-refractivity contribution in [3.05, 3.63) is 40.4 Å². The van der Waals surface area contributed by atoms with Crippen LogP contribution in [-0.4, -0.2) is 43.6 Å². The molecule has 0 radical (unpaired) electrons. The Morgan fingerprint density at radius 1 is 1.25 bits per heavy atom. The second kappa shape index (κ2) is 9.53. The third-order valence-electron chi connectivity index (χ3n) is 4.72. The molecule has 0 saturated carbocycles. The van der Waals surface area contributed by atoms with Gasteiger partial charge in [-0.25, -0.2) is 4.98 Å². The molecule has 1 aliphatic heterocycles. The van der Waals surface area contributed by atoms with Crippen LogP contribution in [0.2, 0.25) is 0 Å². The first-order valence-corrected chi connectivity index (χ1v) is 10.3. The minimum absolute atomic E-state index is 0.0509. The van der Waals surface area contributed by atoms with Gasteiger partial charge in [-0.05, 0) is 30.5 Å². The van der Waals surface area contributed by atoms with Gasteiger partial charge in [0.1, 0.15) is 10.6 Å². The van der Waals surface area contributed by atoms with E-state index >= 15 is 0 Å². The molecule has 1 amide bonds. The fraction of sp³-hybridized carbons (Fsp3) is 0.474. The molecule has 3 rings (SSSR count). The average molecular weight is 483 g/mol. The number of anilines is 1. The van der Waals surface area contributed by atoms with Gasteiger partial charge in [-0.2, -0.15) is 13.2 Å². The highest BCUT2D eigenvalue weighted by molar-refractivity contribution is 7.17. The number of ether oxygens (including phenoxy) is 2. The molecular formula is C19H19F6N3O3S. The van der Waals surface area contributed by atoms with E-state index in [-0.39, 0.29) is 23.3 Å². The zero-order chi connectivity index (χ0) is 23.5. The number of thiazole rings is 1. The number of rotatable bonds is 6. The molecule has 0 spiro atoms. The average Bonchev–Trinajstić information content (AvgIpc) is 3.17. The molecule has 1 N–H and O–H groups in total. The third-order valence-corrected chi connectivity index (χ3v) is 5.86. The third kappa shape index (κ3) is 6.25. The Labute approximate surface area is 183 Å². The molecule has 1 saturated heterocycles. The summed E-state index contributed by atoms with van der Waals surface area (Å²) >= 11 is 0.611. The Morgan fingerprint density at radius 3 is 2.56 bits per heavy atom. The normalized spacial score (nSPS) is 15.5. The Kier molecular flexibility index (Phi) is 7.18. The van der Waals surface area contributed by atoms with Crippen LogP contribution in [0.4, 0.5) is 31.5 Å². The summed E-state index contributed by atoms with van der Waals surface area (Å²) in [6.45, 7) is 0.669. The number of carbonyl (C=O) groups is 1. The summed E-state index contributed by atoms with van der Waals surface area (Å²) < 4.78 is 86.6. The van der Waals surface area contributed by atoms with E-state index in [1.54, 1.807) is 11.9 Å². The summed E-state index contributed by atoms with van der Waals surface area (Å²) in [6.07, 6.45) is -8.50. The maximum absolute atomic E-state index is 13.5. The highest BCUT2D eigenvalue weighted by atomic mass is 32.1. The highest BCUT2D eigenvalue weighted by Gasteiger charge is 2.40. The summed E-state index contributed by atoms with van der Waals surface area (Å²) in [4.78, 5) is 17.2. The van der Waals surface area contributed by atoms with Gasteiger partial charge in [0, 0.05) is 32.8 Å². The Bertz CT molecular complexity index is 941. The molecule has 0 unspecified atom stereocenters. The molecule has 1 fully saturated rings. The van der Waals surface area contributed by atoms with Crippen LogP contribution in [-0.2, 0) is 17.5 Å². The molecule has 1 aromatic heterocycles. The number of nitrogens with one attached hydrogen (secondary N) is 1. The molecule has 32 heavy (non-hydrogen) atoms. The lowest BCUT2D eigenvalue weighted by Gasteiger charge is -2.30. The lowest BCUT2D eigenvalue weighted by molar-refractivity contribution is -0.274. The lowest BCUT2D eigenvalue weighted by atomic mass is 10.1. The van der Waals surface area contributed by atoms with Gasteiger partial charge in [-0.3, -0.25) is 4.79 Å².